The first kappa shape index (κ1) is 7.59. The molecule has 1 rings (SSSR count). The Morgan fingerprint density at radius 2 is 2.45 bits per heavy atom. The standard InChI is InChI=1S/C6H10N4O/c1-4-2-5(11-10-4)3-9-6(7)8/h2H,3H2,1H3,(H4,7,8,9). The molecule has 0 aromatic carbocycles. The van der Waals surface area contributed by atoms with Gasteiger partial charge < -0.3 is 16.0 Å². The minimum absolute atomic E-state index is 0.0547. The van der Waals surface area contributed by atoms with Crippen molar-refractivity contribution in [1.82, 2.24) is 5.16 Å². The molecule has 0 aliphatic carbocycles. The Balaban J connectivity index is 2.58. The van der Waals surface area contributed by atoms with Gasteiger partial charge in [-0.2, -0.15) is 0 Å². The summed E-state index contributed by atoms with van der Waals surface area (Å²) in [5.41, 5.74) is 11.1. The number of rotatable bonds is 2. The number of aliphatic imine (C=N–C) groups is 1. The predicted octanol–water partition coefficient (Wildman–Crippen LogP) is -0.244. The highest BCUT2D eigenvalue weighted by Crippen LogP contribution is 2.02. The van der Waals surface area contributed by atoms with Crippen molar-refractivity contribution >= 4 is 5.96 Å². The van der Waals surface area contributed by atoms with Crippen molar-refractivity contribution in [3.05, 3.63) is 17.5 Å². The van der Waals surface area contributed by atoms with E-state index in [1.165, 1.54) is 0 Å². The van der Waals surface area contributed by atoms with Gasteiger partial charge in [0.25, 0.3) is 0 Å². The second-order valence-electron chi connectivity index (χ2n) is 2.18. The lowest BCUT2D eigenvalue weighted by molar-refractivity contribution is 0.381. The van der Waals surface area contributed by atoms with Crippen molar-refractivity contribution in [2.24, 2.45) is 16.5 Å². The van der Waals surface area contributed by atoms with Gasteiger partial charge in [0.05, 0.1) is 5.69 Å². The summed E-state index contributed by atoms with van der Waals surface area (Å²) >= 11 is 0. The van der Waals surface area contributed by atoms with Gasteiger partial charge in [-0.1, -0.05) is 5.16 Å². The molecule has 0 saturated heterocycles. The lowest BCUT2D eigenvalue weighted by atomic mass is 10.4. The van der Waals surface area contributed by atoms with Crippen LogP contribution in [0, 0.1) is 6.92 Å². The quantitative estimate of drug-likeness (QED) is 0.454. The van der Waals surface area contributed by atoms with Gasteiger partial charge in [0.15, 0.2) is 11.7 Å². The molecule has 1 aromatic rings. The minimum Gasteiger partial charge on any atom is -0.370 e. The van der Waals surface area contributed by atoms with Crippen molar-refractivity contribution in [3.8, 4) is 0 Å². The van der Waals surface area contributed by atoms with E-state index in [1.54, 1.807) is 6.07 Å². The summed E-state index contributed by atoms with van der Waals surface area (Å²) < 4.78 is 4.85. The molecule has 1 aromatic heterocycles. The Labute approximate surface area is 64.1 Å². The summed E-state index contributed by atoms with van der Waals surface area (Å²) in [6, 6.07) is 1.78. The Kier molecular flexibility index (Phi) is 2.10. The van der Waals surface area contributed by atoms with Crippen LogP contribution >= 0.6 is 0 Å². The number of nitrogens with zero attached hydrogens (tertiary/aromatic N) is 2. The van der Waals surface area contributed by atoms with Crippen LogP contribution in [0.4, 0.5) is 0 Å². The van der Waals surface area contributed by atoms with Crippen LogP contribution in [0.3, 0.4) is 0 Å². The zero-order chi connectivity index (χ0) is 8.27. The van der Waals surface area contributed by atoms with Crippen molar-refractivity contribution in [2.45, 2.75) is 13.5 Å². The third-order valence-electron chi connectivity index (χ3n) is 1.09. The van der Waals surface area contributed by atoms with Gasteiger partial charge >= 0.3 is 0 Å². The number of guanidine groups is 1. The maximum absolute atomic E-state index is 5.11. The number of aryl methyl sites for hydroxylation is 1. The summed E-state index contributed by atoms with van der Waals surface area (Å²) in [5, 5.41) is 3.67. The zero-order valence-electron chi connectivity index (χ0n) is 6.24. The van der Waals surface area contributed by atoms with Crippen LogP contribution in [0.1, 0.15) is 11.5 Å². The molecule has 0 aliphatic heterocycles. The molecule has 4 N–H and O–H groups in total. The normalized spacial score (nSPS) is 9.55. The van der Waals surface area contributed by atoms with Crippen LogP contribution in [0.25, 0.3) is 0 Å². The van der Waals surface area contributed by atoms with Crippen LogP contribution < -0.4 is 11.5 Å². The van der Waals surface area contributed by atoms with Gasteiger partial charge in [-0.3, -0.25) is 0 Å². The van der Waals surface area contributed by atoms with E-state index in [0.29, 0.717) is 12.3 Å². The predicted molar refractivity (Wildman–Crippen MR) is 40.8 cm³/mol. The molecule has 0 atom stereocenters. The van der Waals surface area contributed by atoms with Gasteiger partial charge in [0.1, 0.15) is 6.54 Å². The molecule has 0 fully saturated rings. The summed E-state index contributed by atoms with van der Waals surface area (Å²) in [5.74, 6) is 0.718. The van der Waals surface area contributed by atoms with Crippen LogP contribution in [0.5, 0.6) is 0 Å². The number of nitrogens with two attached hydrogens (primary N) is 2. The summed E-state index contributed by atoms with van der Waals surface area (Å²) in [6.07, 6.45) is 0. The van der Waals surface area contributed by atoms with E-state index in [-0.39, 0.29) is 5.96 Å². The molecule has 1 heterocycles. The molecule has 5 nitrogen and oxygen atoms in total. The molecule has 0 saturated carbocycles. The first-order valence-electron chi connectivity index (χ1n) is 3.16. The molecular formula is C6H10N4O. The van der Waals surface area contributed by atoms with E-state index in [4.69, 9.17) is 16.0 Å². The molecule has 0 amide bonds. The average molecular weight is 154 g/mol. The second-order valence-corrected chi connectivity index (χ2v) is 2.18. The van der Waals surface area contributed by atoms with Crippen LogP contribution in [0.15, 0.2) is 15.6 Å². The van der Waals surface area contributed by atoms with E-state index in [9.17, 15) is 0 Å². The molecule has 0 bridgehead atoms. The van der Waals surface area contributed by atoms with Gasteiger partial charge in [-0.25, -0.2) is 4.99 Å². The van der Waals surface area contributed by atoms with E-state index in [0.717, 1.165) is 5.69 Å². The van der Waals surface area contributed by atoms with Crippen LogP contribution in [0.2, 0.25) is 0 Å². The van der Waals surface area contributed by atoms with Crippen LogP contribution in [-0.4, -0.2) is 11.1 Å². The fourth-order valence-electron chi connectivity index (χ4n) is 0.660. The third-order valence-corrected chi connectivity index (χ3v) is 1.09. The Morgan fingerprint density at radius 3 is 2.91 bits per heavy atom. The molecule has 11 heavy (non-hydrogen) atoms. The first-order chi connectivity index (χ1) is 5.18. The van der Waals surface area contributed by atoms with Crippen molar-refractivity contribution in [3.63, 3.8) is 0 Å². The topological polar surface area (TPSA) is 90.4 Å². The Hall–Kier alpha value is -1.52. The SMILES string of the molecule is Cc1cc(CN=C(N)N)on1. The van der Waals surface area contributed by atoms with Crippen molar-refractivity contribution < 1.29 is 4.52 Å². The average Bonchev–Trinajstić information content (AvgIpc) is 2.31. The minimum atomic E-state index is 0.0547. The molecule has 5 heteroatoms. The first-order valence-corrected chi connectivity index (χ1v) is 3.16. The Morgan fingerprint density at radius 1 is 1.73 bits per heavy atom. The molecule has 0 unspecified atom stereocenters. The summed E-state index contributed by atoms with van der Waals surface area (Å²) in [4.78, 5) is 3.75. The van der Waals surface area contributed by atoms with E-state index in [1.807, 2.05) is 6.92 Å². The number of aromatic nitrogens is 1. The van der Waals surface area contributed by atoms with Crippen molar-refractivity contribution in [1.29, 1.82) is 0 Å². The fraction of sp³-hybridized carbons (Fsp3) is 0.333. The Bertz CT molecular complexity index is 261. The third kappa shape index (κ3) is 2.29. The highest BCUT2D eigenvalue weighted by Gasteiger charge is 1.97. The fourth-order valence-corrected chi connectivity index (χ4v) is 0.660. The van der Waals surface area contributed by atoms with Gasteiger partial charge in [0, 0.05) is 6.07 Å². The van der Waals surface area contributed by atoms with Gasteiger partial charge in [-0.05, 0) is 6.92 Å². The van der Waals surface area contributed by atoms with E-state index in [2.05, 4.69) is 10.1 Å². The van der Waals surface area contributed by atoms with Gasteiger partial charge in [-0.15, -0.1) is 0 Å². The number of hydrogen-bond acceptors (Lipinski definition) is 3. The molecule has 0 spiro atoms. The maximum Gasteiger partial charge on any atom is 0.186 e. The lowest BCUT2D eigenvalue weighted by Crippen LogP contribution is -2.22. The highest BCUT2D eigenvalue weighted by atomic mass is 16.5. The second kappa shape index (κ2) is 3.05. The van der Waals surface area contributed by atoms with Crippen LogP contribution in [-0.2, 0) is 6.54 Å². The molecular weight excluding hydrogens is 144 g/mol. The summed E-state index contributed by atoms with van der Waals surface area (Å²) in [7, 11) is 0. The zero-order valence-corrected chi connectivity index (χ0v) is 6.24. The maximum atomic E-state index is 5.11. The van der Waals surface area contributed by atoms with E-state index >= 15 is 0 Å². The van der Waals surface area contributed by atoms with Gasteiger partial charge in [0.2, 0.25) is 0 Å². The van der Waals surface area contributed by atoms with Crippen molar-refractivity contribution in [2.75, 3.05) is 0 Å². The largest absolute Gasteiger partial charge is 0.370 e. The van der Waals surface area contributed by atoms with E-state index < -0.39 is 0 Å². The molecule has 0 aliphatic rings. The number of hydrogen-bond donors (Lipinski definition) is 2. The highest BCUT2D eigenvalue weighted by molar-refractivity contribution is 5.75. The lowest BCUT2D eigenvalue weighted by Gasteiger charge is -1.87. The smallest absolute Gasteiger partial charge is 0.186 e. The monoisotopic (exact) mass is 154 g/mol. The molecule has 0 radical (unpaired) electrons. The summed E-state index contributed by atoms with van der Waals surface area (Å²) in [6.45, 7) is 2.19. The molecule has 60 valence electrons.